The molecular formula is C42H34N2O2. The summed E-state index contributed by atoms with van der Waals surface area (Å²) in [5.74, 6) is 0.233. The summed E-state index contributed by atoms with van der Waals surface area (Å²) in [4.78, 5) is 13.8. The minimum Gasteiger partial charge on any atom is -0.507 e. The van der Waals surface area contributed by atoms with Gasteiger partial charge in [0.25, 0.3) is 0 Å². The smallest absolute Gasteiger partial charge is 0.164 e. The summed E-state index contributed by atoms with van der Waals surface area (Å²) >= 11 is 0. The molecule has 46 heavy (non-hydrogen) atoms. The zero-order chi connectivity index (χ0) is 31.4. The number of carbonyl (C=O) groups is 1. The fourth-order valence-corrected chi connectivity index (χ4v) is 7.25. The molecule has 7 aromatic rings. The monoisotopic (exact) mass is 598 g/mol. The summed E-state index contributed by atoms with van der Waals surface area (Å²) in [5.41, 5.74) is 12.2. The maximum atomic E-state index is 13.8. The van der Waals surface area contributed by atoms with Crippen molar-refractivity contribution in [3.05, 3.63) is 161 Å². The van der Waals surface area contributed by atoms with Crippen LogP contribution in [0.15, 0.2) is 133 Å². The number of benzene rings is 5. The highest BCUT2D eigenvalue weighted by molar-refractivity contribution is 6.03. The SMILES string of the molecule is Cc1ccc(-n2c(-c3ccccc3)cc3c2[C@H](c2c(-c4ccccc4)n(-c4ccc(C)cc4)c4cccc(O)c24)CCC3=O)cc1. The van der Waals surface area contributed by atoms with Crippen LogP contribution in [-0.2, 0) is 0 Å². The van der Waals surface area contributed by atoms with E-state index in [9.17, 15) is 9.90 Å². The second kappa shape index (κ2) is 11.1. The van der Waals surface area contributed by atoms with Crippen LogP contribution in [-0.4, -0.2) is 20.0 Å². The van der Waals surface area contributed by atoms with E-state index in [-0.39, 0.29) is 17.5 Å². The molecular weight excluding hydrogens is 564 g/mol. The molecule has 2 aromatic heterocycles. The van der Waals surface area contributed by atoms with E-state index in [1.165, 1.54) is 11.1 Å². The summed E-state index contributed by atoms with van der Waals surface area (Å²) in [6.07, 6.45) is 1.07. The van der Waals surface area contributed by atoms with E-state index in [0.29, 0.717) is 12.8 Å². The number of aromatic hydroxyl groups is 1. The first kappa shape index (κ1) is 27.9. The van der Waals surface area contributed by atoms with Crippen LogP contribution in [0, 0.1) is 13.8 Å². The number of hydrogen-bond acceptors (Lipinski definition) is 2. The Morgan fingerprint density at radius 1 is 0.652 bits per heavy atom. The molecule has 2 heterocycles. The Labute approximate surface area is 268 Å². The molecule has 0 unspecified atom stereocenters. The quantitative estimate of drug-likeness (QED) is 0.214. The molecule has 8 rings (SSSR count). The minimum absolute atomic E-state index is 0.155. The van der Waals surface area contributed by atoms with Crippen LogP contribution in [0.3, 0.4) is 0 Å². The lowest BCUT2D eigenvalue weighted by atomic mass is 9.80. The van der Waals surface area contributed by atoms with Crippen molar-refractivity contribution in [3.8, 4) is 39.6 Å². The number of aryl methyl sites for hydroxylation is 2. The van der Waals surface area contributed by atoms with E-state index in [4.69, 9.17) is 0 Å². The number of hydrogen-bond donors (Lipinski definition) is 1. The van der Waals surface area contributed by atoms with Crippen LogP contribution >= 0.6 is 0 Å². The van der Waals surface area contributed by atoms with Crippen molar-refractivity contribution in [2.24, 2.45) is 0 Å². The molecule has 0 amide bonds. The standard InChI is InChI=1S/C42H34N2O2/c1-27-16-20-31(21-17-27)43-35-14-9-15-38(46)40(35)39(41(43)30-12-7-4-8-13-30)33-24-25-37(45)34-26-36(29-10-5-3-6-11-29)44(42(33)34)32-22-18-28(2)19-23-32/h3-23,26,33,46H,24-25H2,1-2H3/t33-/m0/s1. The van der Waals surface area contributed by atoms with Gasteiger partial charge in [-0.1, -0.05) is 102 Å². The lowest BCUT2D eigenvalue weighted by Crippen LogP contribution is -2.19. The zero-order valence-corrected chi connectivity index (χ0v) is 25.9. The molecule has 1 N–H and O–H groups in total. The van der Waals surface area contributed by atoms with E-state index < -0.39 is 0 Å². The molecule has 0 bridgehead atoms. The van der Waals surface area contributed by atoms with Gasteiger partial charge in [-0.3, -0.25) is 4.79 Å². The highest BCUT2D eigenvalue weighted by Crippen LogP contribution is 2.50. The molecule has 0 spiro atoms. The summed E-state index contributed by atoms with van der Waals surface area (Å²) < 4.78 is 4.57. The topological polar surface area (TPSA) is 47.2 Å². The number of rotatable bonds is 5. The average molecular weight is 599 g/mol. The van der Waals surface area contributed by atoms with Crippen LogP contribution in [0.4, 0.5) is 0 Å². The molecule has 0 saturated heterocycles. The highest BCUT2D eigenvalue weighted by atomic mass is 16.3. The summed E-state index contributed by atoms with van der Waals surface area (Å²) in [6.45, 7) is 4.19. The van der Waals surface area contributed by atoms with Gasteiger partial charge in [-0.2, -0.15) is 0 Å². The van der Waals surface area contributed by atoms with Crippen molar-refractivity contribution in [1.82, 2.24) is 9.13 Å². The first-order valence-corrected chi connectivity index (χ1v) is 15.9. The molecule has 1 atom stereocenters. The third-order valence-electron chi connectivity index (χ3n) is 9.39. The number of aromatic nitrogens is 2. The Balaban J connectivity index is 1.51. The molecule has 1 aliphatic rings. The van der Waals surface area contributed by atoms with Gasteiger partial charge in [0.05, 0.1) is 16.9 Å². The predicted octanol–water partition coefficient (Wildman–Crippen LogP) is 10.2. The van der Waals surface area contributed by atoms with Crippen molar-refractivity contribution in [3.63, 3.8) is 0 Å². The number of fused-ring (bicyclic) bond motifs is 2. The fraction of sp³-hybridized carbons (Fsp3) is 0.119. The normalized spacial score (nSPS) is 14.5. The highest BCUT2D eigenvalue weighted by Gasteiger charge is 2.37. The van der Waals surface area contributed by atoms with Gasteiger partial charge in [-0.05, 0) is 79.4 Å². The molecule has 0 fully saturated rings. The lowest BCUT2D eigenvalue weighted by molar-refractivity contribution is 0.0969. The van der Waals surface area contributed by atoms with Crippen LogP contribution in [0.5, 0.6) is 5.75 Å². The van der Waals surface area contributed by atoms with E-state index in [1.807, 2.05) is 30.3 Å². The number of phenols is 1. The summed E-state index contributed by atoms with van der Waals surface area (Å²) in [7, 11) is 0. The number of carbonyl (C=O) groups excluding carboxylic acids is 1. The average Bonchev–Trinajstić information content (AvgIpc) is 3.66. The van der Waals surface area contributed by atoms with Crippen molar-refractivity contribution < 1.29 is 9.90 Å². The van der Waals surface area contributed by atoms with Gasteiger partial charge in [0.1, 0.15) is 5.75 Å². The van der Waals surface area contributed by atoms with Crippen LogP contribution in [0.1, 0.15) is 51.5 Å². The maximum absolute atomic E-state index is 13.8. The van der Waals surface area contributed by atoms with Crippen molar-refractivity contribution in [1.29, 1.82) is 0 Å². The maximum Gasteiger partial charge on any atom is 0.164 e. The largest absolute Gasteiger partial charge is 0.507 e. The van der Waals surface area contributed by atoms with E-state index in [2.05, 4.69) is 120 Å². The fourth-order valence-electron chi connectivity index (χ4n) is 7.25. The van der Waals surface area contributed by atoms with Crippen molar-refractivity contribution in [2.45, 2.75) is 32.6 Å². The molecule has 0 radical (unpaired) electrons. The van der Waals surface area contributed by atoms with Gasteiger partial charge in [0.2, 0.25) is 0 Å². The Bertz CT molecular complexity index is 2220. The summed E-state index contributed by atoms with van der Waals surface area (Å²) in [5, 5.41) is 12.5. The number of ketones is 1. The van der Waals surface area contributed by atoms with Crippen LogP contribution < -0.4 is 0 Å². The van der Waals surface area contributed by atoms with E-state index in [1.54, 1.807) is 6.07 Å². The van der Waals surface area contributed by atoms with Gasteiger partial charge in [0, 0.05) is 40.4 Å². The first-order chi connectivity index (χ1) is 22.5. The third kappa shape index (κ3) is 4.49. The Morgan fingerprint density at radius 3 is 1.87 bits per heavy atom. The van der Waals surface area contributed by atoms with Gasteiger partial charge < -0.3 is 14.2 Å². The van der Waals surface area contributed by atoms with Crippen molar-refractivity contribution in [2.75, 3.05) is 0 Å². The van der Waals surface area contributed by atoms with Crippen LogP contribution in [0.25, 0.3) is 44.8 Å². The summed E-state index contributed by atoms with van der Waals surface area (Å²) in [6, 6.07) is 45.7. The van der Waals surface area contributed by atoms with E-state index in [0.717, 1.165) is 61.6 Å². The molecule has 4 nitrogen and oxygen atoms in total. The number of nitrogens with zero attached hydrogens (tertiary/aromatic N) is 2. The second-order valence-corrected chi connectivity index (χ2v) is 12.4. The molecule has 0 aliphatic heterocycles. The van der Waals surface area contributed by atoms with E-state index >= 15 is 0 Å². The minimum atomic E-state index is -0.163. The van der Waals surface area contributed by atoms with Crippen molar-refractivity contribution >= 4 is 16.7 Å². The third-order valence-corrected chi connectivity index (χ3v) is 9.39. The second-order valence-electron chi connectivity index (χ2n) is 12.4. The van der Waals surface area contributed by atoms with Gasteiger partial charge >= 0.3 is 0 Å². The Morgan fingerprint density at radius 2 is 1.24 bits per heavy atom. The molecule has 224 valence electrons. The predicted molar refractivity (Wildman–Crippen MR) is 186 cm³/mol. The molecule has 5 aromatic carbocycles. The van der Waals surface area contributed by atoms with Gasteiger partial charge in [0.15, 0.2) is 5.78 Å². The molecule has 4 heteroatoms. The Kier molecular flexibility index (Phi) is 6.72. The first-order valence-electron chi connectivity index (χ1n) is 15.9. The molecule has 0 saturated carbocycles. The Hall–Kier alpha value is -5.61. The van der Waals surface area contributed by atoms with Gasteiger partial charge in [-0.25, -0.2) is 0 Å². The zero-order valence-electron chi connectivity index (χ0n) is 25.9. The lowest BCUT2D eigenvalue weighted by Gasteiger charge is -2.27. The van der Waals surface area contributed by atoms with Gasteiger partial charge in [-0.15, -0.1) is 0 Å². The van der Waals surface area contributed by atoms with Crippen LogP contribution in [0.2, 0.25) is 0 Å². The molecule has 1 aliphatic carbocycles. The number of phenolic OH excluding ortho intramolecular Hbond substituents is 1. The number of Topliss-reactive ketones (excluding diaryl/α,β-unsaturated/α-hetero) is 1.